The van der Waals surface area contributed by atoms with Crippen LogP contribution in [0.3, 0.4) is 0 Å². The van der Waals surface area contributed by atoms with Crippen molar-refractivity contribution in [3.63, 3.8) is 0 Å². The highest BCUT2D eigenvalue weighted by atomic mass is 19.1. The van der Waals surface area contributed by atoms with Crippen LogP contribution in [-0.4, -0.2) is 18.9 Å². The van der Waals surface area contributed by atoms with E-state index in [0.717, 1.165) is 25.9 Å². The summed E-state index contributed by atoms with van der Waals surface area (Å²) in [6.45, 7) is 3.59. The molecule has 0 atom stereocenters. The van der Waals surface area contributed by atoms with Crippen molar-refractivity contribution in [3.05, 3.63) is 35.6 Å². The van der Waals surface area contributed by atoms with E-state index in [0.29, 0.717) is 0 Å². The zero-order valence-electron chi connectivity index (χ0n) is 9.42. The predicted molar refractivity (Wildman–Crippen MR) is 60.9 cm³/mol. The number of carbonyl (C=O) groups is 1. The minimum Gasteiger partial charge on any atom is -0.317 e. The van der Waals surface area contributed by atoms with Gasteiger partial charge >= 0.3 is 0 Å². The number of halogens is 1. The standard InChI is InChI=1S/C13H16FNO/c1-13(6-8-15-9-7-13)12(16)10-4-2-3-5-11(10)14/h2-5,15H,6-9H2,1H3. The van der Waals surface area contributed by atoms with Crippen molar-refractivity contribution in [2.75, 3.05) is 13.1 Å². The first-order chi connectivity index (χ1) is 7.63. The predicted octanol–water partition coefficient (Wildman–Crippen LogP) is 2.40. The van der Waals surface area contributed by atoms with Gasteiger partial charge in [-0.3, -0.25) is 4.79 Å². The molecule has 2 rings (SSSR count). The molecule has 1 aliphatic heterocycles. The van der Waals surface area contributed by atoms with Gasteiger partial charge in [0.1, 0.15) is 5.82 Å². The summed E-state index contributed by atoms with van der Waals surface area (Å²) in [7, 11) is 0. The number of Topliss-reactive ketones (excluding diaryl/α,β-unsaturated/α-hetero) is 1. The van der Waals surface area contributed by atoms with Crippen LogP contribution in [0.25, 0.3) is 0 Å². The third-order valence-corrected chi connectivity index (χ3v) is 3.37. The highest BCUT2D eigenvalue weighted by molar-refractivity contribution is 6.00. The van der Waals surface area contributed by atoms with Gasteiger partial charge in [0.25, 0.3) is 0 Å². The summed E-state index contributed by atoms with van der Waals surface area (Å²) < 4.78 is 13.5. The Labute approximate surface area is 94.9 Å². The van der Waals surface area contributed by atoms with Crippen LogP contribution in [0.15, 0.2) is 24.3 Å². The first-order valence-corrected chi connectivity index (χ1v) is 5.63. The van der Waals surface area contributed by atoms with Crippen LogP contribution in [0, 0.1) is 11.2 Å². The van der Waals surface area contributed by atoms with Crippen molar-refractivity contribution >= 4 is 5.78 Å². The average molecular weight is 221 g/mol. The topological polar surface area (TPSA) is 29.1 Å². The highest BCUT2D eigenvalue weighted by Crippen LogP contribution is 2.32. The van der Waals surface area contributed by atoms with Crippen molar-refractivity contribution in [1.82, 2.24) is 5.32 Å². The lowest BCUT2D eigenvalue weighted by Crippen LogP contribution is -2.40. The minimum absolute atomic E-state index is 0.0629. The largest absolute Gasteiger partial charge is 0.317 e. The molecule has 16 heavy (non-hydrogen) atoms. The summed E-state index contributed by atoms with van der Waals surface area (Å²) in [6.07, 6.45) is 1.56. The van der Waals surface area contributed by atoms with Gasteiger partial charge in [0.05, 0.1) is 5.56 Å². The van der Waals surface area contributed by atoms with Gasteiger partial charge in [-0.15, -0.1) is 0 Å². The van der Waals surface area contributed by atoms with Crippen LogP contribution in [0.4, 0.5) is 4.39 Å². The molecular formula is C13H16FNO. The van der Waals surface area contributed by atoms with Gasteiger partial charge in [-0.1, -0.05) is 19.1 Å². The lowest BCUT2D eigenvalue weighted by atomic mass is 9.75. The Morgan fingerprint density at radius 2 is 1.94 bits per heavy atom. The number of hydrogen-bond acceptors (Lipinski definition) is 2. The molecule has 86 valence electrons. The third-order valence-electron chi connectivity index (χ3n) is 3.37. The Morgan fingerprint density at radius 1 is 1.31 bits per heavy atom. The number of rotatable bonds is 2. The van der Waals surface area contributed by atoms with Crippen LogP contribution >= 0.6 is 0 Å². The molecular weight excluding hydrogens is 205 g/mol. The van der Waals surface area contributed by atoms with E-state index in [-0.39, 0.29) is 11.3 Å². The number of nitrogens with one attached hydrogen (secondary N) is 1. The molecule has 1 aromatic carbocycles. The second-order valence-corrected chi connectivity index (χ2v) is 4.62. The molecule has 0 saturated carbocycles. The second kappa shape index (κ2) is 4.34. The van der Waals surface area contributed by atoms with Crippen LogP contribution in [0.1, 0.15) is 30.1 Å². The van der Waals surface area contributed by atoms with E-state index in [2.05, 4.69) is 5.32 Å². The van der Waals surface area contributed by atoms with Gasteiger partial charge in [-0.25, -0.2) is 4.39 Å². The van der Waals surface area contributed by atoms with Crippen molar-refractivity contribution in [2.24, 2.45) is 5.41 Å². The molecule has 1 N–H and O–H groups in total. The van der Waals surface area contributed by atoms with Gasteiger partial charge in [0.2, 0.25) is 0 Å². The van der Waals surface area contributed by atoms with E-state index in [1.165, 1.54) is 6.07 Å². The van der Waals surface area contributed by atoms with Crippen molar-refractivity contribution < 1.29 is 9.18 Å². The number of ketones is 1. The zero-order valence-corrected chi connectivity index (χ0v) is 9.42. The minimum atomic E-state index is -0.410. The fourth-order valence-corrected chi connectivity index (χ4v) is 2.18. The SMILES string of the molecule is CC1(C(=O)c2ccccc2F)CCNCC1. The lowest BCUT2D eigenvalue weighted by molar-refractivity contribution is 0.0758. The lowest BCUT2D eigenvalue weighted by Gasteiger charge is -2.32. The molecule has 0 radical (unpaired) electrons. The van der Waals surface area contributed by atoms with Gasteiger partial charge in [0.15, 0.2) is 5.78 Å². The summed E-state index contributed by atoms with van der Waals surface area (Å²) in [5.41, 5.74) is -0.181. The van der Waals surface area contributed by atoms with E-state index in [1.807, 2.05) is 6.92 Å². The third kappa shape index (κ3) is 2.00. The number of piperidine rings is 1. The Kier molecular flexibility index (Phi) is 3.06. The van der Waals surface area contributed by atoms with Crippen molar-refractivity contribution in [3.8, 4) is 0 Å². The number of hydrogen-bond donors (Lipinski definition) is 1. The average Bonchev–Trinajstić information content (AvgIpc) is 2.30. The first-order valence-electron chi connectivity index (χ1n) is 5.63. The quantitative estimate of drug-likeness (QED) is 0.777. The van der Waals surface area contributed by atoms with Crippen LogP contribution < -0.4 is 5.32 Å². The van der Waals surface area contributed by atoms with E-state index < -0.39 is 11.2 Å². The molecule has 0 spiro atoms. The maximum Gasteiger partial charge on any atom is 0.171 e. The Balaban J connectivity index is 2.28. The summed E-state index contributed by atoms with van der Waals surface area (Å²) in [5.74, 6) is -0.473. The molecule has 0 amide bonds. The molecule has 0 aromatic heterocycles. The molecule has 1 fully saturated rings. The molecule has 1 aliphatic rings. The van der Waals surface area contributed by atoms with Gasteiger partial charge < -0.3 is 5.32 Å². The van der Waals surface area contributed by atoms with Crippen molar-refractivity contribution in [1.29, 1.82) is 0 Å². The summed E-state index contributed by atoms with van der Waals surface area (Å²) in [6, 6.07) is 6.24. The van der Waals surface area contributed by atoms with Gasteiger partial charge in [0, 0.05) is 5.41 Å². The maximum absolute atomic E-state index is 13.5. The van der Waals surface area contributed by atoms with E-state index >= 15 is 0 Å². The number of benzene rings is 1. The zero-order chi connectivity index (χ0) is 11.6. The summed E-state index contributed by atoms with van der Waals surface area (Å²) >= 11 is 0. The van der Waals surface area contributed by atoms with E-state index in [9.17, 15) is 9.18 Å². The Morgan fingerprint density at radius 3 is 2.56 bits per heavy atom. The molecule has 0 unspecified atom stereocenters. The van der Waals surface area contributed by atoms with Gasteiger partial charge in [-0.05, 0) is 38.1 Å². The van der Waals surface area contributed by atoms with E-state index in [4.69, 9.17) is 0 Å². The molecule has 2 nitrogen and oxygen atoms in total. The molecule has 1 saturated heterocycles. The summed E-state index contributed by atoms with van der Waals surface area (Å²) in [4.78, 5) is 12.3. The fourth-order valence-electron chi connectivity index (χ4n) is 2.18. The Hall–Kier alpha value is -1.22. The molecule has 1 aromatic rings. The monoisotopic (exact) mass is 221 g/mol. The molecule has 0 bridgehead atoms. The highest BCUT2D eigenvalue weighted by Gasteiger charge is 2.36. The summed E-state index contributed by atoms with van der Waals surface area (Å²) in [5, 5.41) is 3.21. The smallest absolute Gasteiger partial charge is 0.171 e. The van der Waals surface area contributed by atoms with Crippen LogP contribution in [-0.2, 0) is 0 Å². The second-order valence-electron chi connectivity index (χ2n) is 4.62. The van der Waals surface area contributed by atoms with Crippen LogP contribution in [0.5, 0.6) is 0 Å². The van der Waals surface area contributed by atoms with Crippen molar-refractivity contribution in [2.45, 2.75) is 19.8 Å². The maximum atomic E-state index is 13.5. The molecule has 0 aliphatic carbocycles. The molecule has 3 heteroatoms. The van der Waals surface area contributed by atoms with Crippen LogP contribution in [0.2, 0.25) is 0 Å². The first kappa shape index (κ1) is 11.3. The number of carbonyl (C=O) groups excluding carboxylic acids is 1. The molecule has 1 heterocycles. The van der Waals surface area contributed by atoms with Gasteiger partial charge in [-0.2, -0.15) is 0 Å². The Bertz CT molecular complexity index is 397. The normalized spacial score (nSPS) is 19.4. The van der Waals surface area contributed by atoms with E-state index in [1.54, 1.807) is 18.2 Å². The fraction of sp³-hybridized carbons (Fsp3) is 0.462.